The second-order valence-corrected chi connectivity index (χ2v) is 8.14. The summed E-state index contributed by atoms with van der Waals surface area (Å²) in [6.45, 7) is 2.74. The maximum atomic E-state index is 12.8. The van der Waals surface area contributed by atoms with E-state index in [0.29, 0.717) is 25.1 Å². The van der Waals surface area contributed by atoms with Crippen molar-refractivity contribution in [2.24, 2.45) is 0 Å². The van der Waals surface area contributed by atoms with E-state index in [1.807, 2.05) is 12.1 Å². The highest BCUT2D eigenvalue weighted by Gasteiger charge is 2.36. The van der Waals surface area contributed by atoms with Crippen LogP contribution in [0.1, 0.15) is 30.1 Å². The van der Waals surface area contributed by atoms with Gasteiger partial charge >= 0.3 is 5.97 Å². The number of rotatable bonds is 3. The molecule has 0 saturated carbocycles. The van der Waals surface area contributed by atoms with Gasteiger partial charge in [0.15, 0.2) is 0 Å². The Labute approximate surface area is 164 Å². The normalized spacial score (nSPS) is 17.9. The molecule has 1 unspecified atom stereocenters. The number of hydrogen-bond donors (Lipinski definition) is 0. The number of amides is 1. The van der Waals surface area contributed by atoms with Crippen LogP contribution in [0.2, 0.25) is 0 Å². The summed E-state index contributed by atoms with van der Waals surface area (Å²) in [4.78, 5) is 26.4. The number of benzene rings is 1. The summed E-state index contributed by atoms with van der Waals surface area (Å²) >= 11 is 6.63. The summed E-state index contributed by atoms with van der Waals surface area (Å²) < 4.78 is 8.09. The number of carbonyl (C=O) groups excluding carboxylic acids is 2. The van der Waals surface area contributed by atoms with Crippen LogP contribution in [0.25, 0.3) is 0 Å². The van der Waals surface area contributed by atoms with Crippen LogP contribution in [0.15, 0.2) is 12.1 Å². The van der Waals surface area contributed by atoms with Crippen molar-refractivity contribution in [1.29, 1.82) is 0 Å². The topological polar surface area (TPSA) is 46.6 Å². The molecule has 1 aromatic rings. The molecule has 1 amide bonds. The summed E-state index contributed by atoms with van der Waals surface area (Å²) in [5, 5.41) is 0. The maximum Gasteiger partial charge on any atom is 0.328 e. The first-order chi connectivity index (χ1) is 9.95. The molecule has 0 bridgehead atoms. The molecule has 0 aliphatic carbocycles. The minimum absolute atomic E-state index is 0.0774. The number of carbonyl (C=O) groups is 2. The zero-order chi connectivity index (χ0) is 15.6. The van der Waals surface area contributed by atoms with Gasteiger partial charge < -0.3 is 9.64 Å². The van der Waals surface area contributed by atoms with Crippen LogP contribution in [-0.2, 0) is 9.53 Å². The fraction of sp³-hybridized carbons (Fsp3) is 0.429. The van der Waals surface area contributed by atoms with Gasteiger partial charge in [-0.15, -0.1) is 0 Å². The molecule has 0 radical (unpaired) electrons. The Morgan fingerprint density at radius 2 is 2.05 bits per heavy atom. The van der Waals surface area contributed by atoms with Gasteiger partial charge in [0, 0.05) is 17.3 Å². The number of esters is 1. The minimum Gasteiger partial charge on any atom is -0.464 e. The van der Waals surface area contributed by atoms with Gasteiger partial charge in [0.1, 0.15) is 6.04 Å². The molecule has 1 fully saturated rings. The van der Waals surface area contributed by atoms with Crippen LogP contribution in [0, 0.1) is 10.7 Å². The van der Waals surface area contributed by atoms with E-state index in [-0.39, 0.29) is 11.9 Å². The molecule has 0 spiro atoms. The predicted molar refractivity (Wildman–Crippen MR) is 105 cm³/mol. The van der Waals surface area contributed by atoms with E-state index in [1.54, 1.807) is 11.8 Å². The number of ether oxygens (including phenoxy) is 1. The molecule has 1 atom stereocenters. The third kappa shape index (κ3) is 4.01. The highest BCUT2D eigenvalue weighted by atomic mass is 127. The smallest absolute Gasteiger partial charge is 0.328 e. The second kappa shape index (κ2) is 7.75. The van der Waals surface area contributed by atoms with Crippen LogP contribution in [0.4, 0.5) is 0 Å². The quantitative estimate of drug-likeness (QED) is 0.293. The first kappa shape index (κ1) is 17.7. The Balaban J connectivity index is 2.29. The molecule has 0 aromatic heterocycles. The zero-order valence-electron chi connectivity index (χ0n) is 11.4. The van der Waals surface area contributed by atoms with Crippen molar-refractivity contribution in [3.05, 3.63) is 28.4 Å². The molecule has 1 aliphatic heterocycles. The molecule has 7 heteroatoms. The summed E-state index contributed by atoms with van der Waals surface area (Å²) in [7, 11) is 0. The third-order valence-electron chi connectivity index (χ3n) is 3.30. The van der Waals surface area contributed by atoms with Crippen molar-refractivity contribution in [3.63, 3.8) is 0 Å². The molecule has 0 N–H and O–H groups in total. The summed E-state index contributed by atoms with van der Waals surface area (Å²) in [5.41, 5.74) is 0.670. The highest BCUT2D eigenvalue weighted by molar-refractivity contribution is 14.1. The Bertz CT molecular complexity index is 577. The molecule has 4 nitrogen and oxygen atoms in total. The fourth-order valence-corrected chi connectivity index (χ4v) is 4.75. The molecular formula is C14H14I3NO3. The lowest BCUT2D eigenvalue weighted by Gasteiger charge is -2.24. The minimum atomic E-state index is -0.441. The number of halogens is 3. The van der Waals surface area contributed by atoms with Gasteiger partial charge in [-0.05, 0) is 99.7 Å². The molecule has 114 valence electrons. The summed E-state index contributed by atoms with van der Waals surface area (Å²) in [6, 6.07) is 3.48. The summed E-state index contributed by atoms with van der Waals surface area (Å²) in [5.74, 6) is -0.370. The van der Waals surface area contributed by atoms with E-state index in [0.717, 1.165) is 17.1 Å². The number of hydrogen-bond acceptors (Lipinski definition) is 3. The van der Waals surface area contributed by atoms with E-state index < -0.39 is 6.04 Å². The lowest BCUT2D eigenvalue weighted by Crippen LogP contribution is -2.41. The monoisotopic (exact) mass is 625 g/mol. The lowest BCUT2D eigenvalue weighted by molar-refractivity contribution is -0.147. The van der Waals surface area contributed by atoms with Crippen LogP contribution < -0.4 is 0 Å². The zero-order valence-corrected chi connectivity index (χ0v) is 17.8. The molecular weight excluding hydrogens is 611 g/mol. The summed E-state index contributed by atoms with van der Waals surface area (Å²) in [6.07, 6.45) is 1.52. The largest absolute Gasteiger partial charge is 0.464 e. The van der Waals surface area contributed by atoms with Crippen molar-refractivity contribution in [1.82, 2.24) is 4.90 Å². The molecule has 2 rings (SSSR count). The Hall–Kier alpha value is 0.350. The van der Waals surface area contributed by atoms with Crippen molar-refractivity contribution >= 4 is 79.6 Å². The number of nitrogens with zero attached hydrogens (tertiary/aromatic N) is 1. The third-order valence-corrected chi connectivity index (χ3v) is 6.96. The van der Waals surface area contributed by atoms with Crippen molar-refractivity contribution in [2.75, 3.05) is 13.2 Å². The van der Waals surface area contributed by atoms with Crippen molar-refractivity contribution in [2.45, 2.75) is 25.8 Å². The standard InChI is InChI=1S/C14H14I3NO3/c1-2-21-14(20)11-4-3-5-18(11)13(19)9-6-8(15)7-10(16)12(9)17/h6-7,11H,2-5H2,1H3. The lowest BCUT2D eigenvalue weighted by atomic mass is 10.1. The highest BCUT2D eigenvalue weighted by Crippen LogP contribution is 2.27. The molecule has 1 aliphatic rings. The van der Waals surface area contributed by atoms with E-state index in [1.165, 1.54) is 0 Å². The van der Waals surface area contributed by atoms with Gasteiger partial charge in [-0.25, -0.2) is 4.79 Å². The molecule has 1 saturated heterocycles. The van der Waals surface area contributed by atoms with Gasteiger partial charge in [0.25, 0.3) is 5.91 Å². The molecule has 1 aromatic carbocycles. The maximum absolute atomic E-state index is 12.8. The van der Waals surface area contributed by atoms with Crippen LogP contribution in [0.3, 0.4) is 0 Å². The van der Waals surface area contributed by atoms with Crippen LogP contribution >= 0.6 is 67.8 Å². The number of likely N-dealkylation sites (tertiary alicyclic amines) is 1. The van der Waals surface area contributed by atoms with Gasteiger partial charge in [-0.3, -0.25) is 4.79 Å². The first-order valence-corrected chi connectivity index (χ1v) is 9.81. The van der Waals surface area contributed by atoms with Gasteiger partial charge in [-0.2, -0.15) is 0 Å². The first-order valence-electron chi connectivity index (χ1n) is 6.57. The van der Waals surface area contributed by atoms with Crippen molar-refractivity contribution in [3.8, 4) is 0 Å². The SMILES string of the molecule is CCOC(=O)C1CCCN1C(=O)c1cc(I)cc(I)c1I. The van der Waals surface area contributed by atoms with Gasteiger partial charge in [0.2, 0.25) is 0 Å². The Morgan fingerprint density at radius 3 is 2.71 bits per heavy atom. The van der Waals surface area contributed by atoms with E-state index >= 15 is 0 Å². The average molecular weight is 625 g/mol. The van der Waals surface area contributed by atoms with Gasteiger partial charge in [-0.1, -0.05) is 0 Å². The van der Waals surface area contributed by atoms with Crippen LogP contribution in [-0.4, -0.2) is 36.0 Å². The van der Waals surface area contributed by atoms with E-state index in [2.05, 4.69) is 67.8 Å². The Kier molecular flexibility index (Phi) is 6.53. The van der Waals surface area contributed by atoms with Crippen molar-refractivity contribution < 1.29 is 14.3 Å². The average Bonchev–Trinajstić information content (AvgIpc) is 2.91. The van der Waals surface area contributed by atoms with Gasteiger partial charge in [0.05, 0.1) is 12.2 Å². The van der Waals surface area contributed by atoms with E-state index in [4.69, 9.17) is 4.74 Å². The molecule has 1 heterocycles. The Morgan fingerprint density at radius 1 is 1.33 bits per heavy atom. The van der Waals surface area contributed by atoms with Crippen LogP contribution in [0.5, 0.6) is 0 Å². The molecule has 21 heavy (non-hydrogen) atoms. The van der Waals surface area contributed by atoms with E-state index in [9.17, 15) is 9.59 Å². The predicted octanol–water partition coefficient (Wildman–Crippen LogP) is 3.67. The second-order valence-electron chi connectivity index (χ2n) is 4.66. The fourth-order valence-electron chi connectivity index (χ4n) is 2.36.